The average Bonchev–Trinajstić information content (AvgIpc) is 2.71. The number of hydrogen-bond donors (Lipinski definition) is 5. The van der Waals surface area contributed by atoms with Crippen molar-refractivity contribution in [3.05, 3.63) is 35.9 Å². The molecule has 0 radical (unpaired) electrons. The molecule has 164 valence electrons. The predicted molar refractivity (Wildman–Crippen MR) is 107 cm³/mol. The average molecular weight is 421 g/mol. The fourth-order valence-corrected chi connectivity index (χ4v) is 3.59. The van der Waals surface area contributed by atoms with Crippen LogP contribution in [0.4, 0.5) is 0 Å². The lowest BCUT2D eigenvalue weighted by Crippen LogP contribution is -2.64. The number of piperidine rings is 1. The second kappa shape index (κ2) is 12.2. The number of likely N-dealkylation sites (tertiary alicyclic amines) is 1. The first-order valence-corrected chi connectivity index (χ1v) is 9.59. The molecule has 0 aliphatic carbocycles. The van der Waals surface area contributed by atoms with Crippen LogP contribution in [-0.4, -0.2) is 69.9 Å². The number of rotatable bonds is 8. The van der Waals surface area contributed by atoms with Crippen molar-refractivity contribution in [3.8, 4) is 0 Å². The summed E-state index contributed by atoms with van der Waals surface area (Å²) in [5, 5.41) is 27.6. The smallest absolute Gasteiger partial charge is 0.451 e. The lowest BCUT2D eigenvalue weighted by Gasteiger charge is -2.42. The molecule has 0 saturated carbocycles. The molecule has 1 saturated heterocycles. The van der Waals surface area contributed by atoms with E-state index >= 15 is 0 Å². The van der Waals surface area contributed by atoms with Crippen LogP contribution < -0.4 is 11.5 Å². The van der Waals surface area contributed by atoms with Crippen LogP contribution in [0.1, 0.15) is 24.8 Å². The molecule has 7 N–H and O–H groups in total. The molecule has 1 heterocycles. The Bertz CT molecular complexity index is 728. The summed E-state index contributed by atoms with van der Waals surface area (Å²) >= 11 is 0. The number of amides is 1. The molecule has 0 aromatic heterocycles. The minimum absolute atomic E-state index is 0.0988. The Morgan fingerprint density at radius 1 is 1.27 bits per heavy atom. The molecule has 1 aromatic carbocycles. The van der Waals surface area contributed by atoms with Crippen LogP contribution in [0.5, 0.6) is 0 Å². The highest BCUT2D eigenvalue weighted by molar-refractivity contribution is 6.40. The van der Waals surface area contributed by atoms with Crippen LogP contribution in [0.3, 0.4) is 0 Å². The van der Waals surface area contributed by atoms with Gasteiger partial charge in [0.05, 0.1) is 6.04 Å². The van der Waals surface area contributed by atoms with E-state index in [2.05, 4.69) is 0 Å². The van der Waals surface area contributed by atoms with Crippen molar-refractivity contribution < 1.29 is 34.3 Å². The maximum absolute atomic E-state index is 12.8. The van der Waals surface area contributed by atoms with Gasteiger partial charge in [-0.25, -0.2) is 0 Å². The topological polar surface area (TPSA) is 184 Å². The van der Waals surface area contributed by atoms with Gasteiger partial charge in [-0.2, -0.15) is 9.59 Å². The van der Waals surface area contributed by atoms with E-state index in [1.165, 1.54) is 4.90 Å². The van der Waals surface area contributed by atoms with E-state index in [0.29, 0.717) is 25.8 Å². The monoisotopic (exact) mass is 421 g/mol. The van der Waals surface area contributed by atoms with E-state index in [4.69, 9.17) is 31.1 Å². The SMILES string of the molecule is N[C@@H](CCc1ccccc1)C(=O)N1C[C@@H](CCB(O)O)C[C@](N)(C(=O)O)C1.O=C=O. The molecule has 1 aliphatic rings. The third-order valence-corrected chi connectivity index (χ3v) is 5.08. The summed E-state index contributed by atoms with van der Waals surface area (Å²) in [7, 11) is -1.47. The van der Waals surface area contributed by atoms with E-state index in [1.807, 2.05) is 30.3 Å². The minimum atomic E-state index is -1.56. The zero-order chi connectivity index (χ0) is 22.7. The molecule has 0 bridgehead atoms. The Kier molecular flexibility index (Phi) is 10.4. The summed E-state index contributed by atoms with van der Waals surface area (Å²) < 4.78 is 0. The summed E-state index contributed by atoms with van der Waals surface area (Å²) in [6.45, 7) is 0.217. The molecule has 30 heavy (non-hydrogen) atoms. The van der Waals surface area contributed by atoms with Crippen LogP contribution in [0.25, 0.3) is 0 Å². The van der Waals surface area contributed by atoms with E-state index in [0.717, 1.165) is 5.56 Å². The molecule has 0 spiro atoms. The van der Waals surface area contributed by atoms with E-state index in [9.17, 15) is 14.7 Å². The molecule has 10 nitrogen and oxygen atoms in total. The summed E-state index contributed by atoms with van der Waals surface area (Å²) in [5.41, 5.74) is 11.6. The molecule has 1 aromatic rings. The van der Waals surface area contributed by atoms with Crippen molar-refractivity contribution in [1.29, 1.82) is 0 Å². The number of nitrogens with two attached hydrogens (primary N) is 2. The number of carboxylic acids is 1. The van der Waals surface area contributed by atoms with Gasteiger partial charge in [0.25, 0.3) is 0 Å². The summed E-state index contributed by atoms with van der Waals surface area (Å²) in [5.74, 6) is -1.73. The number of carbonyl (C=O) groups excluding carboxylic acids is 3. The summed E-state index contributed by atoms with van der Waals surface area (Å²) in [6.07, 6.45) is 1.99. The number of nitrogens with zero attached hydrogens (tertiary/aromatic N) is 1. The zero-order valence-electron chi connectivity index (χ0n) is 16.6. The zero-order valence-corrected chi connectivity index (χ0v) is 16.6. The van der Waals surface area contributed by atoms with Crippen molar-refractivity contribution in [2.24, 2.45) is 17.4 Å². The molecule has 3 atom stereocenters. The highest BCUT2D eigenvalue weighted by Crippen LogP contribution is 2.28. The van der Waals surface area contributed by atoms with Gasteiger partial charge in [-0.3, -0.25) is 9.59 Å². The third-order valence-electron chi connectivity index (χ3n) is 5.08. The van der Waals surface area contributed by atoms with Crippen molar-refractivity contribution >= 4 is 25.1 Å². The fourth-order valence-electron chi connectivity index (χ4n) is 3.59. The first-order chi connectivity index (χ1) is 14.1. The molecule has 11 heteroatoms. The molecule has 1 amide bonds. The van der Waals surface area contributed by atoms with Crippen LogP contribution in [-0.2, 0) is 25.6 Å². The van der Waals surface area contributed by atoms with Crippen molar-refractivity contribution in [1.82, 2.24) is 4.90 Å². The molecule has 1 fully saturated rings. The van der Waals surface area contributed by atoms with Crippen LogP contribution in [0.15, 0.2) is 30.3 Å². The number of carboxylic acid groups (broad SMARTS) is 1. The minimum Gasteiger partial charge on any atom is -0.480 e. The van der Waals surface area contributed by atoms with Gasteiger partial charge >= 0.3 is 19.2 Å². The lowest BCUT2D eigenvalue weighted by atomic mass is 9.75. The largest absolute Gasteiger partial charge is 0.480 e. The maximum Gasteiger partial charge on any atom is 0.451 e. The standard InChI is InChI=1S/C18H28BN3O5.CO2/c20-15(7-6-13-4-2-1-3-5-13)16(23)22-11-14(8-9-19(26)27)10-18(21,12-22)17(24)25;2-1-3/h1-5,14-15,26-27H,6-12,20-21H2,(H,24,25);/t14-,15-,18+;/m0./s1. The van der Waals surface area contributed by atoms with Gasteiger partial charge in [-0.15, -0.1) is 0 Å². The number of carbonyl (C=O) groups is 2. The van der Waals surface area contributed by atoms with Crippen molar-refractivity contribution in [2.75, 3.05) is 13.1 Å². The van der Waals surface area contributed by atoms with Crippen LogP contribution >= 0.6 is 0 Å². The Hall–Kier alpha value is -2.56. The van der Waals surface area contributed by atoms with Gasteiger partial charge < -0.3 is 31.5 Å². The Morgan fingerprint density at radius 2 is 1.87 bits per heavy atom. The Morgan fingerprint density at radius 3 is 2.40 bits per heavy atom. The van der Waals surface area contributed by atoms with Gasteiger partial charge in [-0.1, -0.05) is 36.8 Å². The normalized spacial score (nSPS) is 21.6. The van der Waals surface area contributed by atoms with E-state index in [-0.39, 0.29) is 37.3 Å². The van der Waals surface area contributed by atoms with Gasteiger partial charge in [0.2, 0.25) is 5.91 Å². The van der Waals surface area contributed by atoms with Gasteiger partial charge in [-0.05, 0) is 37.1 Å². The molecular formula is C19H28BN3O7. The van der Waals surface area contributed by atoms with Crippen LogP contribution in [0.2, 0.25) is 6.32 Å². The quantitative estimate of drug-likeness (QED) is 0.324. The number of benzene rings is 1. The third kappa shape index (κ3) is 8.06. The molecule has 2 rings (SSSR count). The van der Waals surface area contributed by atoms with Gasteiger partial charge in [0.15, 0.2) is 0 Å². The maximum atomic E-state index is 12.8. The molecule has 1 aliphatic heterocycles. The van der Waals surface area contributed by atoms with Crippen LogP contribution in [0, 0.1) is 5.92 Å². The number of aryl methyl sites for hydroxylation is 1. The second-order valence-corrected chi connectivity index (χ2v) is 7.52. The number of hydrogen-bond acceptors (Lipinski definition) is 8. The van der Waals surface area contributed by atoms with E-state index < -0.39 is 24.7 Å². The Labute approximate surface area is 175 Å². The van der Waals surface area contributed by atoms with Gasteiger partial charge in [0.1, 0.15) is 5.54 Å². The molecular weight excluding hydrogens is 393 g/mol. The first kappa shape index (κ1) is 25.5. The second-order valence-electron chi connectivity index (χ2n) is 7.52. The highest BCUT2D eigenvalue weighted by Gasteiger charge is 2.44. The summed E-state index contributed by atoms with van der Waals surface area (Å²) in [6, 6.07) is 8.93. The number of aliphatic carboxylic acids is 1. The first-order valence-electron chi connectivity index (χ1n) is 9.59. The Balaban J connectivity index is 0.00000141. The van der Waals surface area contributed by atoms with Crippen molar-refractivity contribution in [2.45, 2.75) is 43.6 Å². The predicted octanol–water partition coefficient (Wildman–Crippen LogP) is -1.14. The van der Waals surface area contributed by atoms with Gasteiger partial charge in [0, 0.05) is 13.1 Å². The summed E-state index contributed by atoms with van der Waals surface area (Å²) in [4.78, 5) is 42.1. The fraction of sp³-hybridized carbons (Fsp3) is 0.526. The molecule has 0 unspecified atom stereocenters. The van der Waals surface area contributed by atoms with E-state index in [1.54, 1.807) is 0 Å². The van der Waals surface area contributed by atoms with Crippen molar-refractivity contribution in [3.63, 3.8) is 0 Å². The lowest BCUT2D eigenvalue weighted by molar-refractivity contribution is -0.191. The highest BCUT2D eigenvalue weighted by atomic mass is 16.4.